The van der Waals surface area contributed by atoms with Crippen molar-refractivity contribution in [1.82, 2.24) is 14.5 Å². The Balaban J connectivity index is 0.000000162. The third-order valence-corrected chi connectivity index (χ3v) is 1.50. The quantitative estimate of drug-likeness (QED) is 0.661. The van der Waals surface area contributed by atoms with Gasteiger partial charge in [-0.3, -0.25) is 14.3 Å². The van der Waals surface area contributed by atoms with Gasteiger partial charge in [-0.15, -0.1) is 0 Å². The molecular weight excluding hydrogens is 190 g/mol. The molecule has 0 aliphatic carbocycles. The molecule has 4 heteroatoms. The van der Waals surface area contributed by atoms with E-state index in [1.165, 1.54) is 17.0 Å². The SMILES string of the molecule is C=CC(=O)n1ccnc1.c1ccncc1. The van der Waals surface area contributed by atoms with Crippen LogP contribution < -0.4 is 0 Å². The highest BCUT2D eigenvalue weighted by Gasteiger charge is 1.93. The molecule has 4 nitrogen and oxygen atoms in total. The fourth-order valence-corrected chi connectivity index (χ4v) is 0.807. The van der Waals surface area contributed by atoms with E-state index >= 15 is 0 Å². The van der Waals surface area contributed by atoms with Gasteiger partial charge >= 0.3 is 0 Å². The standard InChI is InChI=1S/C6H6N2O.C5H5N/c1-2-6(9)8-4-3-7-5-8;1-2-4-6-5-3-1/h2-5H,1H2;1-5H. The fraction of sp³-hybridized carbons (Fsp3) is 0. The van der Waals surface area contributed by atoms with Gasteiger partial charge < -0.3 is 0 Å². The molecule has 0 fully saturated rings. The highest BCUT2D eigenvalue weighted by atomic mass is 16.1. The van der Waals surface area contributed by atoms with Gasteiger partial charge in [-0.05, 0) is 18.2 Å². The van der Waals surface area contributed by atoms with Crippen LogP contribution in [0.3, 0.4) is 0 Å². The third-order valence-electron chi connectivity index (χ3n) is 1.50. The van der Waals surface area contributed by atoms with Crippen LogP contribution in [-0.4, -0.2) is 20.4 Å². The van der Waals surface area contributed by atoms with Gasteiger partial charge in [0.25, 0.3) is 5.91 Å². The lowest BCUT2D eigenvalue weighted by molar-refractivity contribution is 0.0969. The second kappa shape index (κ2) is 6.26. The normalized spacial score (nSPS) is 8.53. The molecule has 0 spiro atoms. The number of carbonyl (C=O) groups excluding carboxylic acids is 1. The summed E-state index contributed by atoms with van der Waals surface area (Å²) in [5.41, 5.74) is 0. The number of aromatic nitrogens is 3. The lowest BCUT2D eigenvalue weighted by atomic mass is 10.5. The van der Waals surface area contributed by atoms with Crippen LogP contribution in [0.5, 0.6) is 0 Å². The summed E-state index contributed by atoms with van der Waals surface area (Å²) in [5.74, 6) is -0.160. The molecule has 2 heterocycles. The van der Waals surface area contributed by atoms with Gasteiger partial charge in [0.1, 0.15) is 6.33 Å². The first-order chi connectivity index (χ1) is 7.34. The van der Waals surface area contributed by atoms with Crippen LogP contribution in [0.2, 0.25) is 0 Å². The highest BCUT2D eigenvalue weighted by molar-refractivity contribution is 5.88. The minimum Gasteiger partial charge on any atom is -0.273 e. The summed E-state index contributed by atoms with van der Waals surface area (Å²) < 4.78 is 1.35. The van der Waals surface area contributed by atoms with Gasteiger partial charge in [-0.1, -0.05) is 12.6 Å². The van der Waals surface area contributed by atoms with Crippen molar-refractivity contribution in [3.8, 4) is 0 Å². The zero-order chi connectivity index (χ0) is 10.9. The molecule has 0 unspecified atom stereocenters. The summed E-state index contributed by atoms with van der Waals surface area (Å²) in [5, 5.41) is 0. The summed E-state index contributed by atoms with van der Waals surface area (Å²) in [6.45, 7) is 3.32. The van der Waals surface area contributed by atoms with E-state index in [-0.39, 0.29) is 5.91 Å². The van der Waals surface area contributed by atoms with E-state index in [1.54, 1.807) is 24.8 Å². The zero-order valence-electron chi connectivity index (χ0n) is 8.15. The number of imidazole rings is 1. The Morgan fingerprint density at radius 2 is 1.87 bits per heavy atom. The smallest absolute Gasteiger partial charge is 0.255 e. The van der Waals surface area contributed by atoms with Crippen LogP contribution in [0.1, 0.15) is 4.79 Å². The highest BCUT2D eigenvalue weighted by Crippen LogP contribution is 1.84. The molecule has 15 heavy (non-hydrogen) atoms. The molecule has 2 aromatic rings. The van der Waals surface area contributed by atoms with Crippen molar-refractivity contribution < 1.29 is 4.79 Å². The molecular formula is C11H11N3O. The van der Waals surface area contributed by atoms with Gasteiger partial charge in [0.2, 0.25) is 0 Å². The van der Waals surface area contributed by atoms with Crippen LogP contribution >= 0.6 is 0 Å². The van der Waals surface area contributed by atoms with Crippen LogP contribution in [0.15, 0.2) is 62.0 Å². The Hall–Kier alpha value is -2.23. The summed E-state index contributed by atoms with van der Waals surface area (Å²) in [6.07, 6.45) is 9.29. The Morgan fingerprint density at radius 3 is 2.20 bits per heavy atom. The Kier molecular flexibility index (Phi) is 4.53. The monoisotopic (exact) mass is 201 g/mol. The molecule has 0 N–H and O–H groups in total. The number of nitrogens with zero attached hydrogens (tertiary/aromatic N) is 3. The number of pyridine rings is 1. The number of hydrogen-bond donors (Lipinski definition) is 0. The average molecular weight is 201 g/mol. The van der Waals surface area contributed by atoms with Crippen LogP contribution in [0, 0.1) is 0 Å². The molecule has 0 aromatic carbocycles. The average Bonchev–Trinajstić information content (AvgIpc) is 2.85. The van der Waals surface area contributed by atoms with E-state index < -0.39 is 0 Å². The summed E-state index contributed by atoms with van der Waals surface area (Å²) in [7, 11) is 0. The van der Waals surface area contributed by atoms with E-state index in [0.29, 0.717) is 0 Å². The summed E-state index contributed by atoms with van der Waals surface area (Å²) in [6, 6.07) is 5.72. The molecule has 76 valence electrons. The van der Waals surface area contributed by atoms with Gasteiger partial charge in [0.05, 0.1) is 0 Å². The van der Waals surface area contributed by atoms with Gasteiger partial charge in [0, 0.05) is 24.8 Å². The first-order valence-corrected chi connectivity index (χ1v) is 4.34. The van der Waals surface area contributed by atoms with Crippen molar-refractivity contribution in [3.63, 3.8) is 0 Å². The number of carbonyl (C=O) groups is 1. The van der Waals surface area contributed by atoms with Gasteiger partial charge in [0.15, 0.2) is 0 Å². The first-order valence-electron chi connectivity index (χ1n) is 4.34. The topological polar surface area (TPSA) is 47.8 Å². The third kappa shape index (κ3) is 3.99. The maximum absolute atomic E-state index is 10.7. The fourth-order valence-electron chi connectivity index (χ4n) is 0.807. The van der Waals surface area contributed by atoms with Crippen LogP contribution in [0.4, 0.5) is 0 Å². The second-order valence-electron chi connectivity index (χ2n) is 2.54. The van der Waals surface area contributed by atoms with Crippen LogP contribution in [0.25, 0.3) is 0 Å². The predicted octanol–water partition coefficient (Wildman–Crippen LogP) is 1.79. The van der Waals surface area contributed by atoms with E-state index in [4.69, 9.17) is 0 Å². The molecule has 0 atom stereocenters. The molecule has 0 saturated heterocycles. The Morgan fingerprint density at radius 1 is 1.13 bits per heavy atom. The molecule has 0 aliphatic rings. The van der Waals surface area contributed by atoms with E-state index in [1.807, 2.05) is 18.2 Å². The summed E-state index contributed by atoms with van der Waals surface area (Å²) >= 11 is 0. The number of hydrogen-bond acceptors (Lipinski definition) is 3. The second-order valence-corrected chi connectivity index (χ2v) is 2.54. The lowest BCUT2D eigenvalue weighted by Crippen LogP contribution is -2.02. The molecule has 0 bridgehead atoms. The van der Waals surface area contributed by atoms with Crippen molar-refractivity contribution in [2.75, 3.05) is 0 Å². The largest absolute Gasteiger partial charge is 0.273 e. The van der Waals surface area contributed by atoms with Crippen molar-refractivity contribution in [2.24, 2.45) is 0 Å². The maximum atomic E-state index is 10.7. The van der Waals surface area contributed by atoms with Crippen molar-refractivity contribution >= 4 is 5.91 Å². The first kappa shape index (κ1) is 10.8. The van der Waals surface area contributed by atoms with Gasteiger partial charge in [-0.2, -0.15) is 0 Å². The van der Waals surface area contributed by atoms with Crippen LogP contribution in [-0.2, 0) is 0 Å². The number of rotatable bonds is 1. The molecule has 0 aliphatic heterocycles. The minimum absolute atomic E-state index is 0.160. The van der Waals surface area contributed by atoms with E-state index in [2.05, 4.69) is 16.5 Å². The zero-order valence-corrected chi connectivity index (χ0v) is 8.15. The predicted molar refractivity (Wildman–Crippen MR) is 57.3 cm³/mol. The maximum Gasteiger partial charge on any atom is 0.255 e. The molecule has 2 rings (SSSR count). The molecule has 0 radical (unpaired) electrons. The minimum atomic E-state index is -0.160. The lowest BCUT2D eigenvalue weighted by Gasteiger charge is -1.89. The number of allylic oxidation sites excluding steroid dienone is 1. The summed E-state index contributed by atoms with van der Waals surface area (Å²) in [4.78, 5) is 18.1. The van der Waals surface area contributed by atoms with E-state index in [9.17, 15) is 4.79 Å². The molecule has 0 amide bonds. The Bertz CT molecular complexity index is 368. The van der Waals surface area contributed by atoms with Gasteiger partial charge in [-0.25, -0.2) is 4.98 Å². The molecule has 0 saturated carbocycles. The van der Waals surface area contributed by atoms with Crippen molar-refractivity contribution in [3.05, 3.63) is 62.0 Å². The Labute approximate surface area is 87.9 Å². The van der Waals surface area contributed by atoms with Crippen molar-refractivity contribution in [1.29, 1.82) is 0 Å². The van der Waals surface area contributed by atoms with E-state index in [0.717, 1.165) is 0 Å². The van der Waals surface area contributed by atoms with Crippen molar-refractivity contribution in [2.45, 2.75) is 0 Å². The molecule has 2 aromatic heterocycles.